The van der Waals surface area contributed by atoms with Crippen molar-refractivity contribution >= 4 is 40.0 Å². The summed E-state index contributed by atoms with van der Waals surface area (Å²) in [7, 11) is 3.00. The number of benzene rings is 3. The third-order valence-corrected chi connectivity index (χ3v) is 5.20. The largest absolute Gasteiger partial charge is 0.494 e. The lowest BCUT2D eigenvalue weighted by Gasteiger charge is -2.18. The maximum absolute atomic E-state index is 10.9. The lowest BCUT2D eigenvalue weighted by Crippen LogP contribution is -2.10. The highest BCUT2D eigenvalue weighted by Gasteiger charge is 2.14. The number of azo groups is 2. The second-order valence-corrected chi connectivity index (χ2v) is 8.69. The summed E-state index contributed by atoms with van der Waals surface area (Å²) in [5, 5.41) is 27.9. The van der Waals surface area contributed by atoms with Crippen LogP contribution in [0.3, 0.4) is 0 Å². The van der Waals surface area contributed by atoms with Gasteiger partial charge in [0.15, 0.2) is 0 Å². The van der Waals surface area contributed by atoms with Crippen LogP contribution in [-0.2, 0) is 5.41 Å². The molecule has 0 aliphatic heterocycles. The molecule has 34 heavy (non-hydrogen) atoms. The van der Waals surface area contributed by atoms with E-state index >= 15 is 0 Å². The topological polar surface area (TPSA) is 111 Å². The van der Waals surface area contributed by atoms with Crippen LogP contribution in [0, 0.1) is 10.1 Å². The Morgan fingerprint density at radius 1 is 0.794 bits per heavy atom. The first kappa shape index (κ1) is 24.8. The van der Waals surface area contributed by atoms with Gasteiger partial charge in [-0.3, -0.25) is 10.1 Å². The molecule has 0 unspecified atom stereocenters. The Morgan fingerprint density at radius 2 is 1.32 bits per heavy atom. The average molecular weight is 482 g/mol. The van der Waals surface area contributed by atoms with E-state index in [0.29, 0.717) is 28.6 Å². The van der Waals surface area contributed by atoms with Crippen LogP contribution < -0.4 is 9.47 Å². The number of methoxy groups -OCH3 is 2. The fraction of sp³-hybridized carbons (Fsp3) is 0.250. The van der Waals surface area contributed by atoms with Gasteiger partial charge >= 0.3 is 0 Å². The van der Waals surface area contributed by atoms with E-state index in [-0.39, 0.29) is 21.8 Å². The first-order valence-corrected chi connectivity index (χ1v) is 10.6. The smallest absolute Gasteiger partial charge is 0.271 e. The number of hydrogen-bond acceptors (Lipinski definition) is 8. The van der Waals surface area contributed by atoms with Gasteiger partial charge in [-0.2, -0.15) is 5.11 Å². The van der Waals surface area contributed by atoms with Gasteiger partial charge in [-0.25, -0.2) is 0 Å². The number of halogens is 1. The van der Waals surface area contributed by atoms with E-state index in [0.717, 1.165) is 0 Å². The molecule has 0 radical (unpaired) electrons. The summed E-state index contributed by atoms with van der Waals surface area (Å²) in [5.74, 6) is 0.805. The molecule has 0 aliphatic carbocycles. The normalized spacial score (nSPS) is 11.8. The predicted octanol–water partition coefficient (Wildman–Crippen LogP) is 8.39. The van der Waals surface area contributed by atoms with Crippen LogP contribution in [-0.4, -0.2) is 19.1 Å². The van der Waals surface area contributed by atoms with E-state index in [4.69, 9.17) is 21.1 Å². The fourth-order valence-electron chi connectivity index (χ4n) is 2.96. The molecular formula is C24H24ClN5O4. The average Bonchev–Trinajstić information content (AvgIpc) is 2.81. The van der Waals surface area contributed by atoms with E-state index in [9.17, 15) is 10.1 Å². The van der Waals surface area contributed by atoms with Crippen molar-refractivity contribution in [1.82, 2.24) is 0 Å². The fourth-order valence-corrected chi connectivity index (χ4v) is 3.17. The molecule has 10 heteroatoms. The van der Waals surface area contributed by atoms with Crippen molar-refractivity contribution in [2.24, 2.45) is 20.5 Å². The summed E-state index contributed by atoms with van der Waals surface area (Å²) in [4.78, 5) is 10.3. The van der Waals surface area contributed by atoms with Crippen LogP contribution in [0.2, 0.25) is 5.02 Å². The van der Waals surface area contributed by atoms with E-state index < -0.39 is 4.92 Å². The van der Waals surface area contributed by atoms with Gasteiger partial charge in [0.25, 0.3) is 5.69 Å². The monoisotopic (exact) mass is 481 g/mol. The van der Waals surface area contributed by atoms with Gasteiger partial charge in [-0.1, -0.05) is 44.5 Å². The predicted molar refractivity (Wildman–Crippen MR) is 131 cm³/mol. The molecule has 0 aliphatic rings. The van der Waals surface area contributed by atoms with Gasteiger partial charge in [-0.05, 0) is 29.2 Å². The number of non-ortho nitro benzene ring substituents is 1. The SMILES string of the molecule is COc1cc(N=Nc2ccc([N+](=O)[O-])cc2Cl)c(OC)cc1N=Nc1ccc(C(C)(C)C)cc1. The van der Waals surface area contributed by atoms with Crippen LogP contribution in [0.4, 0.5) is 28.4 Å². The zero-order valence-electron chi connectivity index (χ0n) is 19.4. The van der Waals surface area contributed by atoms with Crippen molar-refractivity contribution in [3.05, 3.63) is 75.3 Å². The molecule has 3 rings (SSSR count). The summed E-state index contributed by atoms with van der Waals surface area (Å²) in [5.41, 5.74) is 2.91. The first-order valence-electron chi connectivity index (χ1n) is 10.3. The number of nitro benzene ring substituents is 1. The summed E-state index contributed by atoms with van der Waals surface area (Å²) < 4.78 is 10.9. The molecule has 0 atom stereocenters. The Balaban J connectivity index is 1.89. The van der Waals surface area contributed by atoms with Crippen LogP contribution in [0.15, 0.2) is 75.1 Å². The van der Waals surface area contributed by atoms with Gasteiger partial charge in [0, 0.05) is 24.3 Å². The van der Waals surface area contributed by atoms with Crippen LogP contribution in [0.25, 0.3) is 0 Å². The molecule has 9 nitrogen and oxygen atoms in total. The van der Waals surface area contributed by atoms with Crippen molar-refractivity contribution in [2.45, 2.75) is 26.2 Å². The Kier molecular flexibility index (Phi) is 7.57. The van der Waals surface area contributed by atoms with E-state index in [1.54, 1.807) is 12.1 Å². The summed E-state index contributed by atoms with van der Waals surface area (Å²) in [6.45, 7) is 6.44. The number of nitro groups is 1. The van der Waals surface area contributed by atoms with Gasteiger partial charge < -0.3 is 9.47 Å². The summed E-state index contributed by atoms with van der Waals surface area (Å²) >= 11 is 6.09. The molecule has 0 spiro atoms. The summed E-state index contributed by atoms with van der Waals surface area (Å²) in [6, 6.07) is 15.0. The van der Waals surface area contributed by atoms with Gasteiger partial charge in [-0.15, -0.1) is 15.3 Å². The lowest BCUT2D eigenvalue weighted by molar-refractivity contribution is -0.384. The second-order valence-electron chi connectivity index (χ2n) is 8.29. The molecule has 0 N–H and O–H groups in total. The minimum absolute atomic E-state index is 0.0509. The molecule has 0 bridgehead atoms. The lowest BCUT2D eigenvalue weighted by atomic mass is 9.87. The molecule has 176 valence electrons. The van der Waals surface area contributed by atoms with E-state index in [1.165, 1.54) is 38.0 Å². The molecular weight excluding hydrogens is 458 g/mol. The highest BCUT2D eigenvalue weighted by Crippen LogP contribution is 2.41. The Labute approximate surface area is 202 Å². The number of hydrogen-bond donors (Lipinski definition) is 0. The van der Waals surface area contributed by atoms with Crippen molar-refractivity contribution in [3.8, 4) is 11.5 Å². The van der Waals surface area contributed by atoms with E-state index in [2.05, 4.69) is 41.2 Å². The van der Waals surface area contributed by atoms with Crippen LogP contribution >= 0.6 is 11.6 Å². The second kappa shape index (κ2) is 10.4. The molecule has 0 saturated carbocycles. The standard InChI is InChI=1S/C24H24ClN5O4/c1-24(2,3)15-6-8-16(9-7-15)26-28-20-13-23(34-5)21(14-22(20)33-4)29-27-19-11-10-17(30(31)32)12-18(19)25/h6-14H,1-5H3. The number of nitrogens with zero attached hydrogens (tertiary/aromatic N) is 5. The zero-order valence-corrected chi connectivity index (χ0v) is 20.2. The molecule has 3 aromatic carbocycles. The highest BCUT2D eigenvalue weighted by molar-refractivity contribution is 6.33. The van der Waals surface area contributed by atoms with E-state index in [1.807, 2.05) is 24.3 Å². The first-order chi connectivity index (χ1) is 16.1. The molecule has 3 aromatic rings. The van der Waals surface area contributed by atoms with Gasteiger partial charge in [0.05, 0.1) is 29.9 Å². The van der Waals surface area contributed by atoms with Gasteiger partial charge in [0.2, 0.25) is 0 Å². The maximum atomic E-state index is 10.9. The Morgan fingerprint density at radius 3 is 1.79 bits per heavy atom. The number of rotatable bonds is 7. The van der Waals surface area contributed by atoms with Crippen molar-refractivity contribution < 1.29 is 14.4 Å². The van der Waals surface area contributed by atoms with Crippen molar-refractivity contribution in [2.75, 3.05) is 14.2 Å². The molecule has 0 fully saturated rings. The quantitative estimate of drug-likeness (QED) is 0.191. The molecule has 0 saturated heterocycles. The molecule has 0 aromatic heterocycles. The highest BCUT2D eigenvalue weighted by atomic mass is 35.5. The maximum Gasteiger partial charge on any atom is 0.271 e. The Hall–Kier alpha value is -3.85. The van der Waals surface area contributed by atoms with Gasteiger partial charge in [0.1, 0.15) is 28.6 Å². The van der Waals surface area contributed by atoms with Crippen LogP contribution in [0.1, 0.15) is 26.3 Å². The van der Waals surface area contributed by atoms with Crippen molar-refractivity contribution in [3.63, 3.8) is 0 Å². The number of ether oxygens (including phenoxy) is 2. The molecule has 0 amide bonds. The third kappa shape index (κ3) is 5.93. The van der Waals surface area contributed by atoms with Crippen molar-refractivity contribution in [1.29, 1.82) is 0 Å². The third-order valence-electron chi connectivity index (χ3n) is 4.89. The summed E-state index contributed by atoms with van der Waals surface area (Å²) in [6.07, 6.45) is 0. The minimum atomic E-state index is -0.535. The molecule has 0 heterocycles. The Bertz CT molecular complexity index is 1250. The zero-order chi connectivity index (χ0) is 24.9. The van der Waals surface area contributed by atoms with Crippen LogP contribution in [0.5, 0.6) is 11.5 Å². The minimum Gasteiger partial charge on any atom is -0.494 e.